The number of benzene rings is 1. The molecule has 154 valence electrons. The lowest BCUT2D eigenvalue weighted by Gasteiger charge is -2.14. The highest BCUT2D eigenvalue weighted by Crippen LogP contribution is 1.99. The van der Waals surface area contributed by atoms with E-state index in [-0.39, 0.29) is 36.4 Å². The molecule has 0 aliphatic heterocycles. The van der Waals surface area contributed by atoms with Gasteiger partial charge in [0.25, 0.3) is 0 Å². The molecule has 0 saturated carbocycles. The zero-order valence-electron chi connectivity index (χ0n) is 17.0. The third kappa shape index (κ3) is 13.5. The number of hydrogen-bond acceptors (Lipinski definition) is 3. The summed E-state index contributed by atoms with van der Waals surface area (Å²) in [6, 6.07) is 10.3. The van der Waals surface area contributed by atoms with Gasteiger partial charge >= 0.3 is 0 Å². The van der Waals surface area contributed by atoms with Crippen molar-refractivity contribution in [2.24, 2.45) is 10.9 Å². The molecule has 1 rings (SSSR count). The highest BCUT2D eigenvalue weighted by molar-refractivity contribution is 14.0. The smallest absolute Gasteiger partial charge is 0.243 e. The molecule has 1 aromatic carbocycles. The van der Waals surface area contributed by atoms with Crippen LogP contribution in [0.2, 0.25) is 0 Å². The lowest BCUT2D eigenvalue weighted by atomic mass is 10.1. The first-order valence-corrected chi connectivity index (χ1v) is 9.33. The van der Waals surface area contributed by atoms with Crippen molar-refractivity contribution < 1.29 is 9.53 Å². The van der Waals surface area contributed by atoms with Gasteiger partial charge in [-0.3, -0.25) is 4.79 Å². The Morgan fingerprint density at radius 1 is 1.11 bits per heavy atom. The maximum Gasteiger partial charge on any atom is 0.243 e. The molecule has 7 heteroatoms. The van der Waals surface area contributed by atoms with Crippen molar-refractivity contribution in [3.8, 4) is 0 Å². The third-order valence-electron chi connectivity index (χ3n) is 3.80. The Labute approximate surface area is 181 Å². The summed E-state index contributed by atoms with van der Waals surface area (Å²) in [6.45, 7) is 7.29. The second-order valence-corrected chi connectivity index (χ2v) is 6.84. The van der Waals surface area contributed by atoms with Crippen LogP contribution in [-0.2, 0) is 16.0 Å². The van der Waals surface area contributed by atoms with Gasteiger partial charge in [-0.1, -0.05) is 44.2 Å². The Balaban J connectivity index is 0.00000676. The predicted molar refractivity (Wildman–Crippen MR) is 123 cm³/mol. The molecule has 0 fully saturated rings. The molecule has 0 atom stereocenters. The molecule has 1 amide bonds. The maximum atomic E-state index is 11.8. The molecule has 0 saturated heterocycles. The minimum Gasteiger partial charge on any atom is -0.380 e. The number of hydrogen-bond donors (Lipinski definition) is 2. The van der Waals surface area contributed by atoms with E-state index >= 15 is 0 Å². The van der Waals surface area contributed by atoms with E-state index in [1.807, 2.05) is 18.2 Å². The van der Waals surface area contributed by atoms with Crippen LogP contribution in [0.4, 0.5) is 0 Å². The largest absolute Gasteiger partial charge is 0.380 e. The van der Waals surface area contributed by atoms with Crippen LogP contribution in [0.15, 0.2) is 35.3 Å². The number of guanidine groups is 1. The van der Waals surface area contributed by atoms with Crippen LogP contribution in [0.3, 0.4) is 0 Å². The molecule has 0 unspecified atom stereocenters. The number of amides is 1. The predicted octanol–water partition coefficient (Wildman–Crippen LogP) is 2.53. The van der Waals surface area contributed by atoms with Crippen LogP contribution in [0.5, 0.6) is 0 Å². The summed E-state index contributed by atoms with van der Waals surface area (Å²) in [7, 11) is 3.46. The summed E-state index contributed by atoms with van der Waals surface area (Å²) in [5, 5.41) is 6.52. The Kier molecular flexibility index (Phi) is 14.9. The summed E-state index contributed by atoms with van der Waals surface area (Å²) in [5.74, 6) is 1.27. The average molecular weight is 490 g/mol. The van der Waals surface area contributed by atoms with E-state index in [1.165, 1.54) is 5.56 Å². The minimum absolute atomic E-state index is 0. The fourth-order valence-corrected chi connectivity index (χ4v) is 2.10. The molecule has 6 nitrogen and oxygen atoms in total. The molecule has 27 heavy (non-hydrogen) atoms. The average Bonchev–Trinajstić information content (AvgIpc) is 2.62. The fraction of sp³-hybridized carbons (Fsp3) is 0.600. The Hall–Kier alpha value is -1.35. The summed E-state index contributed by atoms with van der Waals surface area (Å²) >= 11 is 0. The topological polar surface area (TPSA) is 66.0 Å². The van der Waals surface area contributed by atoms with Crippen LogP contribution >= 0.6 is 24.0 Å². The second kappa shape index (κ2) is 15.7. The van der Waals surface area contributed by atoms with Crippen LogP contribution in [0.1, 0.15) is 25.8 Å². The summed E-state index contributed by atoms with van der Waals surface area (Å²) in [4.78, 5) is 17.7. The summed E-state index contributed by atoms with van der Waals surface area (Å²) < 4.78 is 5.61. The molecule has 2 N–H and O–H groups in total. The van der Waals surface area contributed by atoms with Gasteiger partial charge in [-0.25, -0.2) is 4.99 Å². The highest BCUT2D eigenvalue weighted by Gasteiger charge is 2.04. The van der Waals surface area contributed by atoms with E-state index in [0.717, 1.165) is 26.0 Å². The maximum absolute atomic E-state index is 11.8. The Morgan fingerprint density at radius 3 is 2.41 bits per heavy atom. The number of carbonyl (C=O) groups is 1. The van der Waals surface area contributed by atoms with E-state index < -0.39 is 0 Å². The number of halogens is 1. The van der Waals surface area contributed by atoms with E-state index in [4.69, 9.17) is 4.74 Å². The fourth-order valence-electron chi connectivity index (χ4n) is 2.10. The lowest BCUT2D eigenvalue weighted by Crippen LogP contribution is -2.41. The highest BCUT2D eigenvalue weighted by atomic mass is 127. The van der Waals surface area contributed by atoms with Crippen molar-refractivity contribution in [3.05, 3.63) is 35.9 Å². The van der Waals surface area contributed by atoms with E-state index in [0.29, 0.717) is 25.0 Å². The standard InChI is InChI=1S/C20H34N4O2.HI/c1-17(2)11-14-26-15-13-22-20(23-16-19(25)24(3)4)21-12-10-18-8-6-5-7-9-18;/h5-9,17H,10-16H2,1-4H3,(H2,21,22,23);1H. The van der Waals surface area contributed by atoms with Gasteiger partial charge in [0.2, 0.25) is 5.91 Å². The van der Waals surface area contributed by atoms with Gasteiger partial charge in [0.15, 0.2) is 5.96 Å². The van der Waals surface area contributed by atoms with Gasteiger partial charge in [0.1, 0.15) is 6.54 Å². The quantitative estimate of drug-likeness (QED) is 0.217. The van der Waals surface area contributed by atoms with Gasteiger partial charge in [-0.15, -0.1) is 24.0 Å². The number of carbonyl (C=O) groups excluding carboxylic acids is 1. The molecule has 0 aliphatic rings. The zero-order valence-corrected chi connectivity index (χ0v) is 19.4. The molecule has 0 bridgehead atoms. The van der Waals surface area contributed by atoms with Crippen molar-refractivity contribution in [1.29, 1.82) is 0 Å². The van der Waals surface area contributed by atoms with Gasteiger partial charge in [0.05, 0.1) is 6.61 Å². The zero-order chi connectivity index (χ0) is 19.2. The second-order valence-electron chi connectivity index (χ2n) is 6.84. The Morgan fingerprint density at radius 2 is 1.78 bits per heavy atom. The van der Waals surface area contributed by atoms with Crippen molar-refractivity contribution in [1.82, 2.24) is 15.5 Å². The van der Waals surface area contributed by atoms with Gasteiger partial charge in [-0.05, 0) is 24.3 Å². The molecule has 0 radical (unpaired) electrons. The molecule has 0 aliphatic carbocycles. The molecular formula is C20H35IN4O2. The van der Waals surface area contributed by atoms with Gasteiger partial charge in [-0.2, -0.15) is 0 Å². The van der Waals surface area contributed by atoms with Crippen molar-refractivity contribution in [2.75, 3.05) is 46.9 Å². The number of rotatable bonds is 11. The molecule has 0 heterocycles. The first kappa shape index (κ1) is 25.6. The monoisotopic (exact) mass is 490 g/mol. The van der Waals surface area contributed by atoms with E-state index in [1.54, 1.807) is 19.0 Å². The number of aliphatic imine (C=N–C) groups is 1. The minimum atomic E-state index is -0.0256. The van der Waals surface area contributed by atoms with Crippen molar-refractivity contribution in [3.63, 3.8) is 0 Å². The van der Waals surface area contributed by atoms with Gasteiger partial charge in [0, 0.05) is 33.8 Å². The summed E-state index contributed by atoms with van der Waals surface area (Å²) in [6.07, 6.45) is 1.96. The first-order valence-electron chi connectivity index (χ1n) is 9.33. The SMILES string of the molecule is CC(C)CCOCCNC(=NCC(=O)N(C)C)NCCc1ccccc1.I. The van der Waals surface area contributed by atoms with E-state index in [9.17, 15) is 4.79 Å². The van der Waals surface area contributed by atoms with Crippen molar-refractivity contribution >= 4 is 35.8 Å². The number of ether oxygens (including phenoxy) is 1. The van der Waals surface area contributed by atoms with Crippen LogP contribution < -0.4 is 10.6 Å². The first-order chi connectivity index (χ1) is 12.5. The van der Waals surface area contributed by atoms with E-state index in [2.05, 4.69) is 41.6 Å². The van der Waals surface area contributed by atoms with Crippen LogP contribution in [-0.4, -0.2) is 63.7 Å². The van der Waals surface area contributed by atoms with Crippen LogP contribution in [0.25, 0.3) is 0 Å². The molecule has 0 aromatic heterocycles. The number of nitrogens with one attached hydrogen (secondary N) is 2. The summed E-state index contributed by atoms with van der Waals surface area (Å²) in [5.41, 5.74) is 1.26. The van der Waals surface area contributed by atoms with Gasteiger partial charge < -0.3 is 20.3 Å². The Bertz CT molecular complexity index is 536. The molecule has 1 aromatic rings. The van der Waals surface area contributed by atoms with Crippen LogP contribution in [0, 0.1) is 5.92 Å². The number of nitrogens with zero attached hydrogens (tertiary/aromatic N) is 2. The number of likely N-dealkylation sites (N-methyl/N-ethyl adjacent to an activating group) is 1. The normalized spacial score (nSPS) is 11.1. The third-order valence-corrected chi connectivity index (χ3v) is 3.80. The molecule has 0 spiro atoms. The lowest BCUT2D eigenvalue weighted by molar-refractivity contribution is -0.127. The molecular weight excluding hydrogens is 455 g/mol. The van der Waals surface area contributed by atoms with Crippen molar-refractivity contribution in [2.45, 2.75) is 26.7 Å².